The number of benzene rings is 2. The Kier molecular flexibility index (Phi) is 4.83. The maximum absolute atomic E-state index is 12.8. The van der Waals surface area contributed by atoms with Gasteiger partial charge in [-0.05, 0) is 43.2 Å². The van der Waals surface area contributed by atoms with Crippen molar-refractivity contribution in [1.82, 2.24) is 4.90 Å². The largest absolute Gasteiger partial charge is 0.366 e. The number of primary amides is 1. The summed E-state index contributed by atoms with van der Waals surface area (Å²) in [6.45, 7) is 0.994. The first-order valence-corrected chi connectivity index (χ1v) is 10.7. The van der Waals surface area contributed by atoms with Crippen molar-refractivity contribution in [3.05, 3.63) is 59.7 Å². The average molecular weight is 412 g/mol. The summed E-state index contributed by atoms with van der Waals surface area (Å²) >= 11 is 0. The second kappa shape index (κ2) is 7.32. The summed E-state index contributed by atoms with van der Waals surface area (Å²) < 4.78 is 28.6. The SMILES string of the molecule is NC(=O)c1cccc(NC(=O)C2CCCN(C3=NS(=O)(=O)c4ccccc43)C2)c1. The van der Waals surface area contributed by atoms with E-state index in [9.17, 15) is 18.0 Å². The summed E-state index contributed by atoms with van der Waals surface area (Å²) in [6.07, 6.45) is 1.42. The minimum Gasteiger partial charge on any atom is -0.366 e. The van der Waals surface area contributed by atoms with Crippen molar-refractivity contribution in [1.29, 1.82) is 0 Å². The van der Waals surface area contributed by atoms with Crippen LogP contribution in [0.1, 0.15) is 28.8 Å². The number of amidine groups is 1. The van der Waals surface area contributed by atoms with Gasteiger partial charge in [0.2, 0.25) is 11.8 Å². The third-order valence-corrected chi connectivity index (χ3v) is 6.44. The summed E-state index contributed by atoms with van der Waals surface area (Å²) in [5.41, 5.74) is 6.67. The number of fused-ring (bicyclic) bond motifs is 1. The lowest BCUT2D eigenvalue weighted by molar-refractivity contribution is -0.121. The van der Waals surface area contributed by atoms with Crippen molar-refractivity contribution in [3.8, 4) is 0 Å². The molecule has 2 amide bonds. The van der Waals surface area contributed by atoms with Crippen LogP contribution in [0.3, 0.4) is 0 Å². The fraction of sp³-hybridized carbons (Fsp3) is 0.250. The number of anilines is 1. The lowest BCUT2D eigenvalue weighted by Crippen LogP contribution is -2.43. The van der Waals surface area contributed by atoms with E-state index in [0.29, 0.717) is 42.2 Å². The molecule has 3 N–H and O–H groups in total. The van der Waals surface area contributed by atoms with E-state index in [1.807, 2.05) is 4.90 Å². The fourth-order valence-electron chi connectivity index (χ4n) is 3.69. The molecule has 1 atom stereocenters. The maximum atomic E-state index is 12.8. The maximum Gasteiger partial charge on any atom is 0.285 e. The second-order valence-electron chi connectivity index (χ2n) is 7.11. The summed E-state index contributed by atoms with van der Waals surface area (Å²) in [5.74, 6) is -0.692. The van der Waals surface area contributed by atoms with E-state index < -0.39 is 15.9 Å². The zero-order chi connectivity index (χ0) is 20.6. The zero-order valence-corrected chi connectivity index (χ0v) is 16.4. The Balaban J connectivity index is 1.51. The lowest BCUT2D eigenvalue weighted by atomic mass is 9.96. The van der Waals surface area contributed by atoms with Crippen LogP contribution in [0.15, 0.2) is 57.8 Å². The van der Waals surface area contributed by atoms with E-state index in [-0.39, 0.29) is 16.7 Å². The molecule has 1 saturated heterocycles. The Bertz CT molecular complexity index is 1130. The van der Waals surface area contributed by atoms with Gasteiger partial charge in [-0.3, -0.25) is 9.59 Å². The molecule has 2 heterocycles. The molecule has 0 radical (unpaired) electrons. The highest BCUT2D eigenvalue weighted by atomic mass is 32.2. The number of hydrogen-bond acceptors (Lipinski definition) is 5. The molecule has 1 fully saturated rings. The minimum absolute atomic E-state index is 0.189. The molecular formula is C20H20N4O4S. The highest BCUT2D eigenvalue weighted by Gasteiger charge is 2.35. The Hall–Kier alpha value is -3.20. The zero-order valence-electron chi connectivity index (χ0n) is 15.5. The predicted octanol–water partition coefficient (Wildman–Crippen LogP) is 1.59. The molecule has 29 heavy (non-hydrogen) atoms. The Morgan fingerprint density at radius 1 is 1.14 bits per heavy atom. The number of piperidine rings is 1. The number of nitrogens with two attached hydrogens (primary N) is 1. The number of nitrogens with zero attached hydrogens (tertiary/aromatic N) is 2. The quantitative estimate of drug-likeness (QED) is 0.793. The van der Waals surface area contributed by atoms with Gasteiger partial charge in [-0.15, -0.1) is 4.40 Å². The Morgan fingerprint density at radius 3 is 2.72 bits per heavy atom. The van der Waals surface area contributed by atoms with Crippen LogP contribution in [-0.4, -0.2) is 44.1 Å². The lowest BCUT2D eigenvalue weighted by Gasteiger charge is -2.33. The second-order valence-corrected chi connectivity index (χ2v) is 8.68. The molecule has 2 aliphatic heterocycles. The van der Waals surface area contributed by atoms with Crippen LogP contribution in [0.25, 0.3) is 0 Å². The van der Waals surface area contributed by atoms with E-state index >= 15 is 0 Å². The van der Waals surface area contributed by atoms with Crippen molar-refractivity contribution in [2.24, 2.45) is 16.0 Å². The Labute approximate surface area is 168 Å². The monoisotopic (exact) mass is 412 g/mol. The number of carbonyl (C=O) groups excluding carboxylic acids is 2. The smallest absolute Gasteiger partial charge is 0.285 e. The van der Waals surface area contributed by atoms with E-state index in [2.05, 4.69) is 9.71 Å². The number of sulfonamides is 1. The van der Waals surface area contributed by atoms with Gasteiger partial charge < -0.3 is 16.0 Å². The van der Waals surface area contributed by atoms with Crippen molar-refractivity contribution in [2.75, 3.05) is 18.4 Å². The molecule has 2 aromatic rings. The highest BCUT2D eigenvalue weighted by Crippen LogP contribution is 2.30. The topological polar surface area (TPSA) is 122 Å². The number of hydrogen-bond donors (Lipinski definition) is 2. The van der Waals surface area contributed by atoms with Gasteiger partial charge in [-0.1, -0.05) is 18.2 Å². The molecule has 8 nitrogen and oxygen atoms in total. The first kappa shape index (κ1) is 19.1. The molecule has 0 saturated carbocycles. The molecule has 9 heteroatoms. The molecule has 2 aromatic carbocycles. The third kappa shape index (κ3) is 3.73. The van der Waals surface area contributed by atoms with Crippen LogP contribution >= 0.6 is 0 Å². The van der Waals surface area contributed by atoms with Crippen LogP contribution < -0.4 is 11.1 Å². The summed E-state index contributed by atoms with van der Waals surface area (Å²) in [6, 6.07) is 13.2. The number of rotatable bonds is 3. The van der Waals surface area contributed by atoms with Crippen molar-refractivity contribution in [2.45, 2.75) is 17.7 Å². The van der Waals surface area contributed by atoms with Crippen LogP contribution in [-0.2, 0) is 14.8 Å². The standard InChI is InChI=1S/C20H20N4O4S/c21-18(25)13-5-3-7-15(11-13)22-20(26)14-6-4-10-24(12-14)19-16-8-1-2-9-17(16)29(27,28)23-19/h1-3,5,7-9,11,14H,4,6,10,12H2,(H2,21,25)(H,22,26). The van der Waals surface area contributed by atoms with Gasteiger partial charge in [-0.25, -0.2) is 0 Å². The van der Waals surface area contributed by atoms with Crippen LogP contribution in [0.5, 0.6) is 0 Å². The minimum atomic E-state index is -3.70. The molecule has 0 aromatic heterocycles. The summed E-state index contributed by atoms with van der Waals surface area (Å²) in [7, 11) is -3.70. The number of carbonyl (C=O) groups is 2. The van der Waals surface area contributed by atoms with E-state index in [1.54, 1.807) is 42.5 Å². The van der Waals surface area contributed by atoms with Gasteiger partial charge in [0.1, 0.15) is 4.90 Å². The fourth-order valence-corrected chi connectivity index (χ4v) is 4.92. The molecule has 0 aliphatic carbocycles. The van der Waals surface area contributed by atoms with Gasteiger partial charge in [-0.2, -0.15) is 8.42 Å². The highest BCUT2D eigenvalue weighted by molar-refractivity contribution is 7.90. The molecule has 0 spiro atoms. The van der Waals surface area contributed by atoms with E-state index in [1.165, 1.54) is 6.07 Å². The van der Waals surface area contributed by atoms with Gasteiger partial charge in [0.25, 0.3) is 10.0 Å². The molecular weight excluding hydrogens is 392 g/mol. The van der Waals surface area contributed by atoms with Crippen LogP contribution in [0.4, 0.5) is 5.69 Å². The van der Waals surface area contributed by atoms with Gasteiger partial charge in [0.05, 0.1) is 5.92 Å². The number of amides is 2. The first-order valence-electron chi connectivity index (χ1n) is 9.25. The molecule has 2 aliphatic rings. The van der Waals surface area contributed by atoms with Gasteiger partial charge in [0.15, 0.2) is 5.84 Å². The normalized spacial score (nSPS) is 19.9. The third-order valence-electron chi connectivity index (χ3n) is 5.12. The van der Waals surface area contributed by atoms with Crippen molar-refractivity contribution < 1.29 is 18.0 Å². The molecule has 4 rings (SSSR count). The van der Waals surface area contributed by atoms with Gasteiger partial charge >= 0.3 is 0 Å². The number of likely N-dealkylation sites (tertiary alicyclic amines) is 1. The number of nitrogens with one attached hydrogen (secondary N) is 1. The van der Waals surface area contributed by atoms with Crippen molar-refractivity contribution in [3.63, 3.8) is 0 Å². The van der Waals surface area contributed by atoms with E-state index in [0.717, 1.165) is 6.42 Å². The van der Waals surface area contributed by atoms with Crippen LogP contribution in [0.2, 0.25) is 0 Å². The van der Waals surface area contributed by atoms with Gasteiger partial charge in [0, 0.05) is 29.9 Å². The predicted molar refractivity (Wildman–Crippen MR) is 108 cm³/mol. The summed E-state index contributed by atoms with van der Waals surface area (Å²) in [4.78, 5) is 26.2. The van der Waals surface area contributed by atoms with Crippen molar-refractivity contribution >= 4 is 33.4 Å². The molecule has 0 bridgehead atoms. The average Bonchev–Trinajstić information content (AvgIpc) is 3.00. The molecule has 1 unspecified atom stereocenters. The van der Waals surface area contributed by atoms with E-state index in [4.69, 9.17) is 5.73 Å². The van der Waals surface area contributed by atoms with Crippen LogP contribution in [0, 0.1) is 5.92 Å². The molecule has 150 valence electrons. The Morgan fingerprint density at radius 2 is 1.93 bits per heavy atom. The summed E-state index contributed by atoms with van der Waals surface area (Å²) in [5, 5.41) is 2.82. The first-order chi connectivity index (χ1) is 13.8.